The van der Waals surface area contributed by atoms with Crippen LogP contribution in [0.25, 0.3) is 34.1 Å². The second kappa shape index (κ2) is 8.81. The van der Waals surface area contributed by atoms with Crippen LogP contribution in [-0.2, 0) is 13.1 Å². The van der Waals surface area contributed by atoms with Gasteiger partial charge >= 0.3 is 5.69 Å². The summed E-state index contributed by atoms with van der Waals surface area (Å²) in [5.74, 6) is 0.431. The first-order chi connectivity index (χ1) is 18.7. The molecule has 38 heavy (non-hydrogen) atoms. The van der Waals surface area contributed by atoms with Gasteiger partial charge in [-0.1, -0.05) is 34.7 Å². The van der Waals surface area contributed by atoms with Crippen molar-refractivity contribution in [2.24, 2.45) is 0 Å². The van der Waals surface area contributed by atoms with E-state index in [4.69, 9.17) is 0 Å². The minimum absolute atomic E-state index is 0.310. The zero-order valence-electron chi connectivity index (χ0n) is 19.8. The molecule has 0 unspecified atom stereocenters. The second-order valence-corrected chi connectivity index (χ2v) is 8.60. The Morgan fingerprint density at radius 2 is 1.34 bits per heavy atom. The second-order valence-electron chi connectivity index (χ2n) is 8.60. The Hall–Kier alpha value is -5.59. The zero-order valence-corrected chi connectivity index (χ0v) is 19.8. The third kappa shape index (κ3) is 3.78. The van der Waals surface area contributed by atoms with Gasteiger partial charge in [0.25, 0.3) is 0 Å². The first-order valence-electron chi connectivity index (χ1n) is 11.7. The number of hydrogen-bond acceptors (Lipinski definition) is 9. The van der Waals surface area contributed by atoms with Gasteiger partial charge in [-0.3, -0.25) is 4.57 Å². The van der Waals surface area contributed by atoms with Gasteiger partial charge in [0.15, 0.2) is 11.5 Å². The van der Waals surface area contributed by atoms with Gasteiger partial charge < -0.3 is 4.57 Å². The Bertz CT molecular complexity index is 1870. The van der Waals surface area contributed by atoms with E-state index in [1.165, 1.54) is 10.9 Å². The Labute approximate surface area is 214 Å². The fourth-order valence-corrected chi connectivity index (χ4v) is 4.37. The van der Waals surface area contributed by atoms with Gasteiger partial charge in [0.1, 0.15) is 17.5 Å². The van der Waals surface area contributed by atoms with Crippen molar-refractivity contribution in [3.8, 4) is 22.9 Å². The first kappa shape index (κ1) is 21.7. The molecule has 13 heteroatoms. The number of aromatic nitrogens is 12. The highest BCUT2D eigenvalue weighted by atomic mass is 16.1. The molecule has 5 heterocycles. The molecule has 0 atom stereocenters. The molecule has 2 aliphatic rings. The topological polar surface area (TPSA) is 140 Å². The van der Waals surface area contributed by atoms with Gasteiger partial charge in [-0.05, 0) is 35.4 Å². The van der Waals surface area contributed by atoms with Crippen molar-refractivity contribution in [3.63, 3.8) is 0 Å². The maximum atomic E-state index is 12.9. The first-order valence-corrected chi connectivity index (χ1v) is 11.7. The lowest BCUT2D eigenvalue weighted by atomic mass is 10.2. The highest BCUT2D eigenvalue weighted by molar-refractivity contribution is 5.85. The smallest absolute Gasteiger partial charge is 0.311 e. The summed E-state index contributed by atoms with van der Waals surface area (Å²) >= 11 is 0. The molecule has 2 aliphatic heterocycles. The summed E-state index contributed by atoms with van der Waals surface area (Å²) in [5, 5.41) is 15.7. The highest BCUT2D eigenvalue weighted by Crippen LogP contribution is 2.24. The van der Waals surface area contributed by atoms with Gasteiger partial charge in [0, 0.05) is 0 Å². The Morgan fingerprint density at radius 1 is 0.711 bits per heavy atom. The van der Waals surface area contributed by atoms with Crippen LogP contribution in [0.2, 0.25) is 0 Å². The van der Waals surface area contributed by atoms with Crippen LogP contribution in [-0.4, -0.2) is 59.1 Å². The van der Waals surface area contributed by atoms with Gasteiger partial charge in [-0.2, -0.15) is 4.98 Å². The van der Waals surface area contributed by atoms with Crippen molar-refractivity contribution < 1.29 is 0 Å². The average molecular weight is 503 g/mol. The lowest BCUT2D eigenvalue weighted by Crippen LogP contribution is -2.17. The van der Waals surface area contributed by atoms with E-state index in [9.17, 15) is 4.79 Å². The summed E-state index contributed by atoms with van der Waals surface area (Å²) in [6, 6.07) is 15.7. The predicted octanol–water partition coefficient (Wildman–Crippen LogP) is 1.75. The molecule has 0 spiro atoms. The van der Waals surface area contributed by atoms with Crippen molar-refractivity contribution in [1.29, 1.82) is 0 Å². The van der Waals surface area contributed by atoms with Gasteiger partial charge in [0.05, 0.1) is 55.6 Å². The Morgan fingerprint density at radius 3 is 1.95 bits per heavy atom. The minimum atomic E-state index is -0.390. The van der Waals surface area contributed by atoms with E-state index in [2.05, 4.69) is 40.6 Å². The molecule has 0 saturated heterocycles. The molecule has 3 aromatic heterocycles. The SMILES string of the molecule is O=c1nc2c3ncn(Cc4ccc(-n5ccnn5)cc4)c3ncnc-2n1Cc1ccc(-n2ccnn2)cc1. The summed E-state index contributed by atoms with van der Waals surface area (Å²) in [7, 11) is 0. The fraction of sp³-hybridized carbons (Fsp3) is 0.0800. The lowest BCUT2D eigenvalue weighted by Gasteiger charge is -2.05. The van der Waals surface area contributed by atoms with Crippen LogP contribution in [0.4, 0.5) is 0 Å². The van der Waals surface area contributed by atoms with Gasteiger partial charge in [-0.25, -0.2) is 29.1 Å². The van der Waals surface area contributed by atoms with Crippen molar-refractivity contribution in [3.05, 3.63) is 108 Å². The molecule has 7 rings (SSSR count). The van der Waals surface area contributed by atoms with E-state index in [-0.39, 0.29) is 0 Å². The number of fused-ring (bicyclic) bond motifs is 3. The number of nitrogens with zero attached hydrogens (tertiary/aromatic N) is 12. The van der Waals surface area contributed by atoms with Crippen LogP contribution in [0.1, 0.15) is 11.1 Å². The van der Waals surface area contributed by atoms with E-state index in [1.54, 1.807) is 40.5 Å². The fourth-order valence-electron chi connectivity index (χ4n) is 4.37. The molecule has 0 aliphatic carbocycles. The molecule has 0 N–H and O–H groups in total. The maximum absolute atomic E-state index is 12.9. The van der Waals surface area contributed by atoms with Crippen molar-refractivity contribution >= 4 is 11.2 Å². The normalized spacial score (nSPS) is 11.5. The van der Waals surface area contributed by atoms with E-state index < -0.39 is 5.69 Å². The van der Waals surface area contributed by atoms with Crippen molar-refractivity contribution in [2.45, 2.75) is 13.1 Å². The zero-order chi connectivity index (χ0) is 25.5. The number of imidazole rings is 2. The maximum Gasteiger partial charge on any atom is 0.350 e. The Balaban J connectivity index is 1.18. The molecule has 5 aromatic rings. The molecule has 184 valence electrons. The lowest BCUT2D eigenvalue weighted by molar-refractivity contribution is 0.756. The monoisotopic (exact) mass is 502 g/mol. The largest absolute Gasteiger partial charge is 0.350 e. The summed E-state index contributed by atoms with van der Waals surface area (Å²) in [4.78, 5) is 30.7. The molecule has 2 aromatic carbocycles. The quantitative estimate of drug-likeness (QED) is 0.333. The van der Waals surface area contributed by atoms with Crippen LogP contribution in [0.3, 0.4) is 0 Å². The summed E-state index contributed by atoms with van der Waals surface area (Å²) < 4.78 is 6.81. The van der Waals surface area contributed by atoms with E-state index in [0.717, 1.165) is 22.5 Å². The molecule has 0 amide bonds. The van der Waals surface area contributed by atoms with Crippen LogP contribution in [0, 0.1) is 0 Å². The number of hydrogen-bond donors (Lipinski definition) is 0. The van der Waals surface area contributed by atoms with E-state index in [1.807, 2.05) is 53.1 Å². The summed E-state index contributed by atoms with van der Waals surface area (Å²) in [5.41, 5.74) is 4.90. The predicted molar refractivity (Wildman–Crippen MR) is 135 cm³/mol. The van der Waals surface area contributed by atoms with E-state index in [0.29, 0.717) is 35.8 Å². The number of rotatable bonds is 6. The standard InChI is InChI=1S/C25H18N12O/c38-25-31-22-21-23(34(16-28-21)13-17-1-5-19(6-2-17)36-11-9-29-32-36)26-15-27-24(22)35(25)14-18-3-7-20(8-4-18)37-12-10-30-33-37/h1-12,15-16H,13-14H2. The molecule has 13 nitrogen and oxygen atoms in total. The summed E-state index contributed by atoms with van der Waals surface area (Å²) in [6.07, 6.45) is 9.96. The third-order valence-corrected chi connectivity index (χ3v) is 6.24. The van der Waals surface area contributed by atoms with Gasteiger partial charge in [0.2, 0.25) is 0 Å². The van der Waals surface area contributed by atoms with Gasteiger partial charge in [-0.15, -0.1) is 10.2 Å². The molecule has 0 bridgehead atoms. The van der Waals surface area contributed by atoms with Crippen molar-refractivity contribution in [1.82, 2.24) is 59.1 Å². The molecule has 0 fully saturated rings. The van der Waals surface area contributed by atoms with Crippen LogP contribution in [0.5, 0.6) is 0 Å². The van der Waals surface area contributed by atoms with Crippen LogP contribution >= 0.6 is 0 Å². The average Bonchev–Trinajstić information content (AvgIpc) is 3.75. The minimum Gasteiger partial charge on any atom is -0.311 e. The molecule has 0 saturated carbocycles. The highest BCUT2D eigenvalue weighted by Gasteiger charge is 2.21. The Kier molecular flexibility index (Phi) is 5.03. The van der Waals surface area contributed by atoms with Crippen LogP contribution in [0.15, 0.2) is 90.8 Å². The molecule has 0 radical (unpaired) electrons. The number of benzene rings is 2. The molecular formula is C25H18N12O. The summed E-state index contributed by atoms with van der Waals surface area (Å²) in [6.45, 7) is 0.847. The van der Waals surface area contributed by atoms with E-state index >= 15 is 0 Å². The molecular weight excluding hydrogens is 484 g/mol. The van der Waals surface area contributed by atoms with Crippen molar-refractivity contribution in [2.75, 3.05) is 0 Å². The van der Waals surface area contributed by atoms with Crippen LogP contribution < -0.4 is 5.69 Å². The third-order valence-electron chi connectivity index (χ3n) is 6.24.